The van der Waals surface area contributed by atoms with Gasteiger partial charge < -0.3 is 14.2 Å². The molecule has 356 valence electrons. The summed E-state index contributed by atoms with van der Waals surface area (Å²) in [5.41, 5.74) is 21.2. The fourth-order valence-corrected chi connectivity index (χ4v) is 14.0. The molecule has 2 aliphatic rings. The van der Waals surface area contributed by atoms with Gasteiger partial charge in [0.1, 0.15) is 5.58 Å². The van der Waals surface area contributed by atoms with E-state index < -0.39 is 5.41 Å². The summed E-state index contributed by atoms with van der Waals surface area (Å²) in [6.07, 6.45) is 0. The Kier molecular flexibility index (Phi) is 9.61. The number of hydrogen-bond donors (Lipinski definition) is 0. The topological polar surface area (TPSA) is 19.6 Å². The maximum absolute atomic E-state index is 7.41. The first kappa shape index (κ1) is 43.6. The van der Waals surface area contributed by atoms with E-state index >= 15 is 0 Å². The Bertz CT molecular complexity index is 4290. The van der Waals surface area contributed by atoms with Gasteiger partial charge in [-0.1, -0.05) is 197 Å². The van der Waals surface area contributed by atoms with Crippen molar-refractivity contribution in [2.24, 2.45) is 0 Å². The lowest BCUT2D eigenvalue weighted by Crippen LogP contribution is -2.26. The van der Waals surface area contributed by atoms with Gasteiger partial charge in [0.05, 0.1) is 16.8 Å². The Morgan fingerprint density at radius 1 is 0.400 bits per heavy atom. The lowest BCUT2D eigenvalue weighted by Gasteiger charge is -2.33. The van der Waals surface area contributed by atoms with E-state index in [0.29, 0.717) is 0 Å². The zero-order chi connectivity index (χ0) is 50.0. The molecule has 0 bridgehead atoms. The van der Waals surface area contributed by atoms with Crippen molar-refractivity contribution in [1.82, 2.24) is 0 Å². The molecular formula is C71H50N2OS. The molecule has 11 aromatic carbocycles. The molecule has 0 amide bonds. The summed E-state index contributed by atoms with van der Waals surface area (Å²) < 4.78 is 9.94. The lowest BCUT2D eigenvalue weighted by atomic mass is 9.70. The predicted molar refractivity (Wildman–Crippen MR) is 316 cm³/mol. The van der Waals surface area contributed by atoms with E-state index in [9.17, 15) is 0 Å². The highest BCUT2D eigenvalue weighted by molar-refractivity contribution is 7.26. The van der Waals surface area contributed by atoms with Crippen molar-refractivity contribution in [3.05, 3.63) is 277 Å². The first-order valence-electron chi connectivity index (χ1n) is 26.0. The van der Waals surface area contributed by atoms with Gasteiger partial charge in [-0.05, 0) is 128 Å². The molecule has 3 nitrogen and oxygen atoms in total. The molecule has 0 saturated carbocycles. The third-order valence-corrected chi connectivity index (χ3v) is 17.2. The van der Waals surface area contributed by atoms with Gasteiger partial charge in [-0.2, -0.15) is 0 Å². The molecular weight excluding hydrogens is 929 g/mol. The maximum Gasteiger partial charge on any atom is 0.160 e. The molecule has 75 heavy (non-hydrogen) atoms. The molecule has 2 heterocycles. The van der Waals surface area contributed by atoms with E-state index in [1.807, 2.05) is 11.3 Å². The normalized spacial score (nSPS) is 13.1. The predicted octanol–water partition coefficient (Wildman–Crippen LogP) is 20.2. The van der Waals surface area contributed by atoms with Gasteiger partial charge in [0.2, 0.25) is 0 Å². The fraction of sp³-hybridized carbons (Fsp3) is 0.0704. The van der Waals surface area contributed by atoms with Crippen LogP contribution in [-0.2, 0) is 10.8 Å². The summed E-state index contributed by atoms with van der Waals surface area (Å²) in [6.45, 7) is 6.85. The van der Waals surface area contributed by atoms with Crippen LogP contribution in [0.4, 0.5) is 34.1 Å². The van der Waals surface area contributed by atoms with E-state index in [1.165, 1.54) is 81.4 Å². The summed E-state index contributed by atoms with van der Waals surface area (Å²) >= 11 is 1.91. The standard InChI is InChI=1S/C71H50N2OS/c1-70(2,3)47-37-41-51(42-38-47)73(50-39-35-46(36-40-50)45-21-7-4-8-22-45)61-44-58-66(65-54-29-15-19-33-62(54)74-68(61)65)67-59(71(58)56-31-17-13-27-52(56)53-28-14-18-32-57(53)71)43-60(64-55-30-16-20-34-63(55)75-69(64)67)72(48-23-9-5-10-24-48)49-25-11-6-12-26-49/h4-44H,1-3H3. The van der Waals surface area contributed by atoms with Gasteiger partial charge in [0.15, 0.2) is 5.58 Å². The monoisotopic (exact) mass is 978 g/mol. The van der Waals surface area contributed by atoms with Crippen LogP contribution in [0.5, 0.6) is 0 Å². The molecule has 13 aromatic rings. The minimum Gasteiger partial charge on any atom is -0.454 e. The van der Waals surface area contributed by atoms with E-state index in [2.05, 4.69) is 279 Å². The summed E-state index contributed by atoms with van der Waals surface area (Å²) in [4.78, 5) is 4.93. The van der Waals surface area contributed by atoms with Gasteiger partial charge >= 0.3 is 0 Å². The van der Waals surface area contributed by atoms with Crippen LogP contribution in [0.15, 0.2) is 253 Å². The Morgan fingerprint density at radius 3 is 1.52 bits per heavy atom. The highest BCUT2D eigenvalue weighted by Gasteiger charge is 2.54. The Morgan fingerprint density at radius 2 is 0.880 bits per heavy atom. The molecule has 15 rings (SSSR count). The van der Waals surface area contributed by atoms with Gasteiger partial charge in [-0.15, -0.1) is 11.3 Å². The maximum atomic E-state index is 7.41. The number of hydrogen-bond acceptors (Lipinski definition) is 4. The van der Waals surface area contributed by atoms with Crippen molar-refractivity contribution in [2.45, 2.75) is 31.6 Å². The molecule has 0 radical (unpaired) electrons. The van der Waals surface area contributed by atoms with Crippen molar-refractivity contribution in [2.75, 3.05) is 9.80 Å². The smallest absolute Gasteiger partial charge is 0.160 e. The quantitative estimate of drug-likeness (QED) is 0.159. The first-order valence-corrected chi connectivity index (χ1v) is 26.8. The molecule has 1 spiro atoms. The third kappa shape index (κ3) is 6.40. The van der Waals surface area contributed by atoms with Crippen LogP contribution in [0.3, 0.4) is 0 Å². The highest BCUT2D eigenvalue weighted by atomic mass is 32.1. The third-order valence-electron chi connectivity index (χ3n) is 16.0. The van der Waals surface area contributed by atoms with Crippen LogP contribution in [0.1, 0.15) is 48.6 Å². The van der Waals surface area contributed by atoms with Crippen LogP contribution in [0.25, 0.3) is 75.5 Å². The molecule has 0 atom stereocenters. The minimum atomic E-state index is -0.726. The number of rotatable bonds is 7. The average Bonchev–Trinajstić information content (AvgIpc) is 4.28. The zero-order valence-electron chi connectivity index (χ0n) is 41.9. The van der Waals surface area contributed by atoms with Crippen LogP contribution >= 0.6 is 11.3 Å². The molecule has 2 aliphatic carbocycles. The second-order valence-electron chi connectivity index (χ2n) is 21.1. The molecule has 2 aromatic heterocycles. The average molecular weight is 979 g/mol. The number of para-hydroxylation sites is 3. The lowest BCUT2D eigenvalue weighted by molar-refractivity contribution is 0.590. The van der Waals surface area contributed by atoms with E-state index in [4.69, 9.17) is 4.42 Å². The number of anilines is 6. The van der Waals surface area contributed by atoms with Crippen LogP contribution in [0.2, 0.25) is 0 Å². The van der Waals surface area contributed by atoms with Gasteiger partial charge in [-0.3, -0.25) is 0 Å². The first-order chi connectivity index (χ1) is 36.9. The van der Waals surface area contributed by atoms with Crippen LogP contribution in [-0.4, -0.2) is 0 Å². The number of furan rings is 1. The van der Waals surface area contributed by atoms with Crippen molar-refractivity contribution in [3.63, 3.8) is 0 Å². The van der Waals surface area contributed by atoms with E-state index in [1.54, 1.807) is 0 Å². The van der Waals surface area contributed by atoms with Crippen molar-refractivity contribution >= 4 is 87.6 Å². The van der Waals surface area contributed by atoms with Crippen molar-refractivity contribution < 1.29 is 4.42 Å². The van der Waals surface area contributed by atoms with Gasteiger partial charge in [0, 0.05) is 64.8 Å². The number of nitrogens with zero attached hydrogens (tertiary/aromatic N) is 2. The van der Waals surface area contributed by atoms with Gasteiger partial charge in [0.25, 0.3) is 0 Å². The zero-order valence-corrected chi connectivity index (χ0v) is 42.7. The fourth-order valence-electron chi connectivity index (χ4n) is 12.7. The molecule has 0 unspecified atom stereocenters. The number of benzene rings is 11. The molecule has 0 fully saturated rings. The summed E-state index contributed by atoms with van der Waals surface area (Å²) in [6, 6.07) is 91.9. The van der Waals surface area contributed by atoms with Gasteiger partial charge in [-0.25, -0.2) is 0 Å². The molecule has 0 aliphatic heterocycles. The second-order valence-corrected chi connectivity index (χ2v) is 22.2. The van der Waals surface area contributed by atoms with E-state index in [0.717, 1.165) is 56.1 Å². The summed E-state index contributed by atoms with van der Waals surface area (Å²) in [5.74, 6) is 0. The van der Waals surface area contributed by atoms with Crippen LogP contribution < -0.4 is 9.80 Å². The van der Waals surface area contributed by atoms with E-state index in [-0.39, 0.29) is 5.41 Å². The highest BCUT2D eigenvalue weighted by Crippen LogP contribution is 2.68. The van der Waals surface area contributed by atoms with Crippen LogP contribution in [0, 0.1) is 0 Å². The number of thiophene rings is 1. The minimum absolute atomic E-state index is 0.0188. The van der Waals surface area contributed by atoms with Crippen molar-refractivity contribution in [3.8, 4) is 33.4 Å². The SMILES string of the molecule is CC(C)(C)c1ccc(N(c2ccc(-c3ccccc3)cc2)c2cc3c(c4c2oc2ccccc24)-c2c(cc(N(c4ccccc4)c4ccccc4)c4c2sc2ccccc24)C32c3ccccc3-c3ccccc32)cc1. The largest absolute Gasteiger partial charge is 0.454 e. The molecule has 0 N–H and O–H groups in total. The van der Waals surface area contributed by atoms with Crippen molar-refractivity contribution in [1.29, 1.82) is 0 Å². The Labute approximate surface area is 440 Å². The Balaban J connectivity index is 1.12. The molecule has 4 heteroatoms. The molecule has 0 saturated heterocycles. The summed E-state index contributed by atoms with van der Waals surface area (Å²) in [7, 11) is 0. The Hall–Kier alpha value is -8.96. The number of fused-ring (bicyclic) bond motifs is 18. The second kappa shape index (κ2) is 16.5. The summed E-state index contributed by atoms with van der Waals surface area (Å²) in [5, 5.41) is 4.72.